The van der Waals surface area contributed by atoms with Crippen molar-refractivity contribution in [2.75, 3.05) is 32.9 Å². The Labute approximate surface area is 167 Å². The number of nitrogens with zero attached hydrogens (tertiary/aromatic N) is 3. The number of nitrogens with one attached hydrogen (secondary N) is 1. The molecule has 0 aliphatic carbocycles. The van der Waals surface area contributed by atoms with Gasteiger partial charge in [0, 0.05) is 24.3 Å². The van der Waals surface area contributed by atoms with E-state index in [-0.39, 0.29) is 24.3 Å². The molecule has 2 aliphatic heterocycles. The van der Waals surface area contributed by atoms with Crippen LogP contribution in [0.15, 0.2) is 35.7 Å². The molecule has 9 heteroatoms. The summed E-state index contributed by atoms with van der Waals surface area (Å²) >= 11 is 0. The third-order valence-electron chi connectivity index (χ3n) is 5.07. The molecule has 1 saturated heterocycles. The van der Waals surface area contributed by atoms with E-state index in [2.05, 4.69) is 16.3 Å². The van der Waals surface area contributed by atoms with E-state index in [9.17, 15) is 10.1 Å². The van der Waals surface area contributed by atoms with Gasteiger partial charge in [-0.1, -0.05) is 12.1 Å². The van der Waals surface area contributed by atoms with Crippen LogP contribution in [0.2, 0.25) is 0 Å². The second-order valence-corrected chi connectivity index (χ2v) is 6.84. The molecule has 1 amide bonds. The molecule has 3 heterocycles. The van der Waals surface area contributed by atoms with Crippen molar-refractivity contribution in [3.63, 3.8) is 0 Å². The van der Waals surface area contributed by atoms with Crippen molar-refractivity contribution < 1.29 is 19.0 Å². The highest BCUT2D eigenvalue weighted by atomic mass is 16.5. The highest BCUT2D eigenvalue weighted by molar-refractivity contribution is 5.77. The van der Waals surface area contributed by atoms with Gasteiger partial charge in [-0.2, -0.15) is 5.26 Å². The number of rotatable bonds is 4. The van der Waals surface area contributed by atoms with Gasteiger partial charge in [-0.15, -0.1) is 5.10 Å². The number of fused-ring (bicyclic) bond motifs is 1. The van der Waals surface area contributed by atoms with Gasteiger partial charge in [0.15, 0.2) is 6.61 Å². The minimum atomic E-state index is -0.383. The van der Waals surface area contributed by atoms with E-state index in [0.717, 1.165) is 16.8 Å². The van der Waals surface area contributed by atoms with Crippen LogP contribution in [0, 0.1) is 18.3 Å². The average Bonchev–Trinajstić information content (AvgIpc) is 3.12. The number of hydrogen-bond acceptors (Lipinski definition) is 7. The van der Waals surface area contributed by atoms with Crippen LogP contribution in [0.25, 0.3) is 0 Å². The van der Waals surface area contributed by atoms with Gasteiger partial charge in [0.1, 0.15) is 17.4 Å². The van der Waals surface area contributed by atoms with Crippen LogP contribution in [0.5, 0.6) is 11.6 Å². The zero-order valence-electron chi connectivity index (χ0n) is 16.0. The second kappa shape index (κ2) is 7.85. The summed E-state index contributed by atoms with van der Waals surface area (Å²) in [4.78, 5) is 13.9. The van der Waals surface area contributed by atoms with Crippen molar-refractivity contribution >= 4 is 5.91 Å². The normalized spacial score (nSPS) is 18.6. The number of nitrogens with two attached hydrogens (primary N) is 1. The number of nitriles is 1. The molecule has 0 saturated carbocycles. The first-order valence-corrected chi connectivity index (χ1v) is 9.29. The lowest BCUT2D eigenvalue weighted by molar-refractivity contribution is -0.137. The Hall–Kier alpha value is -3.51. The fraction of sp³-hybridized carbons (Fsp3) is 0.350. The maximum Gasteiger partial charge on any atom is 0.260 e. The van der Waals surface area contributed by atoms with Crippen LogP contribution < -0.4 is 15.2 Å². The summed E-state index contributed by atoms with van der Waals surface area (Å²) < 4.78 is 16.4. The van der Waals surface area contributed by atoms with Crippen molar-refractivity contribution in [2.45, 2.75) is 12.8 Å². The molecule has 3 N–H and O–H groups in total. The van der Waals surface area contributed by atoms with Gasteiger partial charge in [-0.25, -0.2) is 0 Å². The lowest BCUT2D eigenvalue weighted by Gasteiger charge is -2.26. The van der Waals surface area contributed by atoms with Crippen LogP contribution in [0.3, 0.4) is 0 Å². The van der Waals surface area contributed by atoms with E-state index < -0.39 is 0 Å². The molecule has 4 rings (SSSR count). The quantitative estimate of drug-likeness (QED) is 0.796. The number of hydrogen-bond donors (Lipinski definition) is 2. The van der Waals surface area contributed by atoms with Gasteiger partial charge in [0.05, 0.1) is 19.1 Å². The van der Waals surface area contributed by atoms with Crippen molar-refractivity contribution in [3.8, 4) is 17.7 Å². The summed E-state index contributed by atoms with van der Waals surface area (Å²) in [6.07, 6.45) is 0. The topological polar surface area (TPSA) is 126 Å². The molecule has 1 atom stereocenters. The number of aromatic nitrogens is 2. The third-order valence-corrected chi connectivity index (χ3v) is 5.07. The molecule has 1 aromatic heterocycles. The van der Waals surface area contributed by atoms with Gasteiger partial charge < -0.3 is 24.8 Å². The Kier molecular flexibility index (Phi) is 5.10. The number of aromatic amines is 1. The standard InChI is InChI=1S/C20H21N5O4/c1-12-17-18(15(10-21)19(22)29-20(17)24-23-12)13-2-4-14(5-3-13)28-11-16(26)25-6-8-27-9-7-25/h2-5,18H,6-9,11,22H2,1H3,(H,23,24)/t18-/m0/s1. The predicted molar refractivity (Wildman–Crippen MR) is 102 cm³/mol. The molecule has 29 heavy (non-hydrogen) atoms. The van der Waals surface area contributed by atoms with Crippen LogP contribution in [-0.2, 0) is 9.53 Å². The predicted octanol–water partition coefficient (Wildman–Crippen LogP) is 1.17. The highest BCUT2D eigenvalue weighted by Crippen LogP contribution is 2.42. The van der Waals surface area contributed by atoms with Crippen LogP contribution in [-0.4, -0.2) is 53.9 Å². The molecule has 0 unspecified atom stereocenters. The number of allylic oxidation sites excluding steroid dienone is 1. The van der Waals surface area contributed by atoms with Crippen molar-refractivity contribution in [2.24, 2.45) is 5.73 Å². The first-order valence-electron chi connectivity index (χ1n) is 9.29. The molecule has 0 spiro atoms. The molecular formula is C20H21N5O4. The first kappa shape index (κ1) is 18.8. The van der Waals surface area contributed by atoms with Gasteiger partial charge in [0.25, 0.3) is 5.91 Å². The van der Waals surface area contributed by atoms with E-state index >= 15 is 0 Å². The van der Waals surface area contributed by atoms with E-state index in [1.54, 1.807) is 17.0 Å². The van der Waals surface area contributed by atoms with Crippen molar-refractivity contribution in [1.82, 2.24) is 15.1 Å². The molecular weight excluding hydrogens is 374 g/mol. The summed E-state index contributed by atoms with van der Waals surface area (Å²) in [6.45, 7) is 4.12. The van der Waals surface area contributed by atoms with Crippen LogP contribution >= 0.6 is 0 Å². The van der Waals surface area contributed by atoms with Crippen LogP contribution in [0.4, 0.5) is 0 Å². The monoisotopic (exact) mass is 395 g/mol. The van der Waals surface area contributed by atoms with Gasteiger partial charge in [0.2, 0.25) is 11.8 Å². The summed E-state index contributed by atoms with van der Waals surface area (Å²) in [5, 5.41) is 16.6. The Balaban J connectivity index is 1.51. The zero-order valence-corrected chi connectivity index (χ0v) is 16.0. The lowest BCUT2D eigenvalue weighted by Crippen LogP contribution is -2.42. The third kappa shape index (κ3) is 3.62. The van der Waals surface area contributed by atoms with E-state index in [1.807, 2.05) is 19.1 Å². The first-order chi connectivity index (χ1) is 14.1. The second-order valence-electron chi connectivity index (χ2n) is 6.84. The van der Waals surface area contributed by atoms with Crippen molar-refractivity contribution in [3.05, 3.63) is 52.5 Å². The van der Waals surface area contributed by atoms with Gasteiger partial charge >= 0.3 is 0 Å². The van der Waals surface area contributed by atoms with Gasteiger partial charge in [-0.05, 0) is 24.6 Å². The fourth-order valence-electron chi connectivity index (χ4n) is 3.54. The largest absolute Gasteiger partial charge is 0.484 e. The summed E-state index contributed by atoms with van der Waals surface area (Å²) in [7, 11) is 0. The molecule has 9 nitrogen and oxygen atoms in total. The maximum absolute atomic E-state index is 12.2. The number of benzene rings is 1. The number of aryl methyl sites for hydroxylation is 1. The Morgan fingerprint density at radius 1 is 1.38 bits per heavy atom. The zero-order chi connectivity index (χ0) is 20.4. The van der Waals surface area contributed by atoms with Crippen molar-refractivity contribution in [1.29, 1.82) is 5.26 Å². The average molecular weight is 395 g/mol. The van der Waals surface area contributed by atoms with E-state index in [4.69, 9.17) is 19.9 Å². The molecule has 1 aromatic carbocycles. The summed E-state index contributed by atoms with van der Waals surface area (Å²) in [6, 6.07) is 9.40. The van der Waals surface area contributed by atoms with Gasteiger partial charge in [-0.3, -0.25) is 9.89 Å². The Morgan fingerprint density at radius 3 is 2.79 bits per heavy atom. The Bertz CT molecular complexity index is 983. The molecule has 0 radical (unpaired) electrons. The Morgan fingerprint density at radius 2 is 2.10 bits per heavy atom. The molecule has 0 bridgehead atoms. The highest BCUT2D eigenvalue weighted by Gasteiger charge is 2.34. The molecule has 2 aromatic rings. The number of morpholine rings is 1. The number of H-pyrrole nitrogens is 1. The number of ether oxygens (including phenoxy) is 3. The minimum absolute atomic E-state index is 0.0299. The summed E-state index contributed by atoms with van der Waals surface area (Å²) in [5.41, 5.74) is 8.70. The summed E-state index contributed by atoms with van der Waals surface area (Å²) in [5.74, 6) is 0.546. The number of carbonyl (C=O) groups is 1. The smallest absolute Gasteiger partial charge is 0.260 e. The SMILES string of the molecule is Cc1[nH]nc2c1[C@@H](c1ccc(OCC(=O)N3CCOCC3)cc1)C(C#N)=C(N)O2. The number of amides is 1. The minimum Gasteiger partial charge on any atom is -0.484 e. The maximum atomic E-state index is 12.2. The van der Waals surface area contributed by atoms with E-state index in [0.29, 0.717) is 43.5 Å². The molecule has 1 fully saturated rings. The van der Waals surface area contributed by atoms with E-state index in [1.165, 1.54) is 0 Å². The lowest BCUT2D eigenvalue weighted by atomic mass is 9.84. The molecule has 150 valence electrons. The molecule has 2 aliphatic rings. The number of carbonyl (C=O) groups excluding carboxylic acids is 1. The fourth-order valence-corrected chi connectivity index (χ4v) is 3.54. The van der Waals surface area contributed by atoms with Crippen LogP contribution in [0.1, 0.15) is 22.7 Å².